The minimum atomic E-state index is -0.111. The van der Waals surface area contributed by atoms with Crippen LogP contribution in [-0.4, -0.2) is 24.9 Å². The Hall–Kier alpha value is -1.84. The highest BCUT2D eigenvalue weighted by molar-refractivity contribution is 6.03. The molecular formula is C15H18N2O2. The molecule has 1 unspecified atom stereocenters. The topological polar surface area (TPSA) is 49.4 Å². The number of carbonyl (C=O) groups excluding carboxylic acids is 2. The Morgan fingerprint density at radius 1 is 1.05 bits per heavy atom. The van der Waals surface area contributed by atoms with Crippen LogP contribution in [0.15, 0.2) is 30.3 Å². The third kappa shape index (κ3) is 2.48. The van der Waals surface area contributed by atoms with Gasteiger partial charge in [-0.05, 0) is 30.9 Å². The number of hydrogen-bond acceptors (Lipinski definition) is 3. The molecule has 2 heterocycles. The van der Waals surface area contributed by atoms with Gasteiger partial charge in [-0.1, -0.05) is 18.2 Å². The number of nitrogens with zero attached hydrogens (tertiary/aromatic N) is 1. The van der Waals surface area contributed by atoms with Gasteiger partial charge in [0.05, 0.1) is 5.92 Å². The molecule has 2 aliphatic heterocycles. The van der Waals surface area contributed by atoms with E-state index in [0.29, 0.717) is 12.3 Å². The van der Waals surface area contributed by atoms with Gasteiger partial charge in [-0.25, -0.2) is 0 Å². The van der Waals surface area contributed by atoms with E-state index in [1.165, 1.54) is 5.69 Å². The average molecular weight is 258 g/mol. The average Bonchev–Trinajstić information content (AvgIpc) is 2.79. The summed E-state index contributed by atoms with van der Waals surface area (Å²) in [6.45, 7) is 1.93. The lowest BCUT2D eigenvalue weighted by atomic mass is 9.83. The molecule has 0 saturated carbocycles. The Balaban J connectivity index is 1.61. The van der Waals surface area contributed by atoms with E-state index in [1.807, 2.05) is 18.2 Å². The van der Waals surface area contributed by atoms with E-state index < -0.39 is 0 Å². The summed E-state index contributed by atoms with van der Waals surface area (Å²) < 4.78 is 0. The number of carbonyl (C=O) groups is 2. The number of nitrogens with one attached hydrogen (secondary N) is 1. The first-order chi connectivity index (χ1) is 9.24. The van der Waals surface area contributed by atoms with E-state index in [-0.39, 0.29) is 17.7 Å². The zero-order chi connectivity index (χ0) is 13.2. The van der Waals surface area contributed by atoms with Gasteiger partial charge in [-0.3, -0.25) is 14.9 Å². The minimum Gasteiger partial charge on any atom is -0.372 e. The predicted molar refractivity (Wildman–Crippen MR) is 72.6 cm³/mol. The second-order valence-electron chi connectivity index (χ2n) is 5.38. The number of amides is 2. The molecule has 4 nitrogen and oxygen atoms in total. The van der Waals surface area contributed by atoms with Gasteiger partial charge in [0.15, 0.2) is 0 Å². The van der Waals surface area contributed by atoms with Gasteiger partial charge in [0, 0.05) is 25.2 Å². The smallest absolute Gasteiger partial charge is 0.230 e. The van der Waals surface area contributed by atoms with Gasteiger partial charge in [0.25, 0.3) is 0 Å². The summed E-state index contributed by atoms with van der Waals surface area (Å²) >= 11 is 0. The van der Waals surface area contributed by atoms with Crippen LogP contribution in [0.4, 0.5) is 5.69 Å². The Morgan fingerprint density at radius 2 is 1.74 bits per heavy atom. The largest absolute Gasteiger partial charge is 0.372 e. The SMILES string of the molecule is O=C1CC(C2CCN(c3ccccc3)CC2)C(=O)N1. The van der Waals surface area contributed by atoms with Crippen molar-refractivity contribution in [3.8, 4) is 0 Å². The maximum atomic E-state index is 11.7. The van der Waals surface area contributed by atoms with Crippen LogP contribution in [0.3, 0.4) is 0 Å². The molecule has 0 radical (unpaired) electrons. The number of para-hydroxylation sites is 1. The molecule has 1 N–H and O–H groups in total. The van der Waals surface area contributed by atoms with Crippen LogP contribution >= 0.6 is 0 Å². The predicted octanol–water partition coefficient (Wildman–Crippen LogP) is 1.57. The highest BCUT2D eigenvalue weighted by Gasteiger charge is 2.38. The molecule has 2 saturated heterocycles. The summed E-state index contributed by atoms with van der Waals surface area (Å²) in [4.78, 5) is 25.3. The van der Waals surface area contributed by atoms with E-state index in [9.17, 15) is 9.59 Å². The van der Waals surface area contributed by atoms with Gasteiger partial charge in [0.1, 0.15) is 0 Å². The van der Waals surface area contributed by atoms with Gasteiger partial charge in [-0.2, -0.15) is 0 Å². The van der Waals surface area contributed by atoms with Crippen LogP contribution < -0.4 is 10.2 Å². The number of rotatable bonds is 2. The van der Waals surface area contributed by atoms with E-state index in [2.05, 4.69) is 22.3 Å². The molecular weight excluding hydrogens is 240 g/mol. The lowest BCUT2D eigenvalue weighted by Crippen LogP contribution is -2.37. The third-order valence-corrected chi connectivity index (χ3v) is 4.23. The highest BCUT2D eigenvalue weighted by Crippen LogP contribution is 2.31. The molecule has 1 aromatic rings. The molecule has 2 aliphatic rings. The van der Waals surface area contributed by atoms with Crippen molar-refractivity contribution in [1.82, 2.24) is 5.32 Å². The quantitative estimate of drug-likeness (QED) is 0.819. The molecule has 1 aromatic carbocycles. The fourth-order valence-electron chi connectivity index (χ4n) is 3.15. The van der Waals surface area contributed by atoms with Crippen molar-refractivity contribution in [2.75, 3.05) is 18.0 Å². The second kappa shape index (κ2) is 5.03. The molecule has 3 rings (SSSR count). The zero-order valence-electron chi connectivity index (χ0n) is 10.8. The summed E-state index contributed by atoms with van der Waals surface area (Å²) in [5.74, 6) is 0.0838. The molecule has 0 aromatic heterocycles. The monoisotopic (exact) mass is 258 g/mol. The Labute approximate surface area is 112 Å². The number of imide groups is 1. The summed E-state index contributed by atoms with van der Waals surface area (Å²) in [6, 6.07) is 10.3. The maximum Gasteiger partial charge on any atom is 0.230 e. The van der Waals surface area contributed by atoms with Crippen LogP contribution in [-0.2, 0) is 9.59 Å². The first-order valence-corrected chi connectivity index (χ1v) is 6.88. The van der Waals surface area contributed by atoms with E-state index in [1.54, 1.807) is 0 Å². The van der Waals surface area contributed by atoms with Crippen LogP contribution in [0.25, 0.3) is 0 Å². The Kier molecular flexibility index (Phi) is 3.23. The summed E-state index contributed by atoms with van der Waals surface area (Å²) in [5.41, 5.74) is 1.24. The lowest BCUT2D eigenvalue weighted by molar-refractivity contribution is -0.126. The Morgan fingerprint density at radius 3 is 2.32 bits per heavy atom. The minimum absolute atomic E-state index is 0.0665. The standard InChI is InChI=1S/C15H18N2O2/c18-14-10-13(15(19)16-14)11-6-8-17(9-7-11)12-4-2-1-3-5-12/h1-5,11,13H,6-10H2,(H,16,18,19). The summed E-state index contributed by atoms with van der Waals surface area (Å²) in [5, 5.41) is 2.42. The molecule has 0 spiro atoms. The molecule has 100 valence electrons. The molecule has 19 heavy (non-hydrogen) atoms. The number of benzene rings is 1. The maximum absolute atomic E-state index is 11.7. The molecule has 4 heteroatoms. The van der Waals surface area contributed by atoms with Crippen LogP contribution in [0.1, 0.15) is 19.3 Å². The number of piperidine rings is 1. The first-order valence-electron chi connectivity index (χ1n) is 6.88. The molecule has 0 bridgehead atoms. The molecule has 1 atom stereocenters. The van der Waals surface area contributed by atoms with Crippen LogP contribution in [0.2, 0.25) is 0 Å². The van der Waals surface area contributed by atoms with Crippen molar-refractivity contribution in [2.24, 2.45) is 11.8 Å². The van der Waals surface area contributed by atoms with Gasteiger partial charge in [0.2, 0.25) is 11.8 Å². The van der Waals surface area contributed by atoms with Gasteiger partial charge < -0.3 is 4.90 Å². The van der Waals surface area contributed by atoms with Crippen molar-refractivity contribution in [1.29, 1.82) is 0 Å². The van der Waals surface area contributed by atoms with Gasteiger partial charge in [-0.15, -0.1) is 0 Å². The van der Waals surface area contributed by atoms with E-state index in [4.69, 9.17) is 0 Å². The number of anilines is 1. The normalized spacial score (nSPS) is 24.6. The summed E-state index contributed by atoms with van der Waals surface area (Å²) in [7, 11) is 0. The van der Waals surface area contributed by atoms with Crippen molar-refractivity contribution in [2.45, 2.75) is 19.3 Å². The van der Waals surface area contributed by atoms with Gasteiger partial charge >= 0.3 is 0 Å². The van der Waals surface area contributed by atoms with Crippen molar-refractivity contribution in [3.63, 3.8) is 0 Å². The van der Waals surface area contributed by atoms with Crippen molar-refractivity contribution >= 4 is 17.5 Å². The van der Waals surface area contributed by atoms with Crippen molar-refractivity contribution < 1.29 is 9.59 Å². The van der Waals surface area contributed by atoms with Crippen molar-refractivity contribution in [3.05, 3.63) is 30.3 Å². The molecule has 0 aliphatic carbocycles. The van der Waals surface area contributed by atoms with E-state index in [0.717, 1.165) is 25.9 Å². The zero-order valence-corrected chi connectivity index (χ0v) is 10.8. The second-order valence-corrected chi connectivity index (χ2v) is 5.38. The van der Waals surface area contributed by atoms with Crippen LogP contribution in [0.5, 0.6) is 0 Å². The number of hydrogen-bond donors (Lipinski definition) is 1. The molecule has 2 fully saturated rings. The lowest BCUT2D eigenvalue weighted by Gasteiger charge is -2.35. The fourth-order valence-corrected chi connectivity index (χ4v) is 3.15. The first kappa shape index (κ1) is 12.2. The third-order valence-electron chi connectivity index (χ3n) is 4.23. The fraction of sp³-hybridized carbons (Fsp3) is 0.467. The molecule has 2 amide bonds. The highest BCUT2D eigenvalue weighted by atomic mass is 16.2. The van der Waals surface area contributed by atoms with E-state index >= 15 is 0 Å². The summed E-state index contributed by atoms with van der Waals surface area (Å²) in [6.07, 6.45) is 2.36. The van der Waals surface area contributed by atoms with Crippen LogP contribution in [0, 0.1) is 11.8 Å². The Bertz CT molecular complexity index is 478.